The maximum absolute atomic E-state index is 12.8. The first-order valence-electron chi connectivity index (χ1n) is 11.3. The molecule has 0 unspecified atom stereocenters. The van der Waals surface area contributed by atoms with Crippen molar-refractivity contribution in [3.63, 3.8) is 0 Å². The van der Waals surface area contributed by atoms with Gasteiger partial charge in [0.05, 0.1) is 0 Å². The van der Waals surface area contributed by atoms with Crippen LogP contribution in [0.3, 0.4) is 0 Å². The van der Waals surface area contributed by atoms with E-state index in [0.717, 1.165) is 49.5 Å². The van der Waals surface area contributed by atoms with Crippen molar-refractivity contribution in [1.82, 2.24) is 15.2 Å². The summed E-state index contributed by atoms with van der Waals surface area (Å²) in [5.41, 5.74) is 1.96. The summed E-state index contributed by atoms with van der Waals surface area (Å²) in [7, 11) is 0. The van der Waals surface area contributed by atoms with Gasteiger partial charge in [-0.3, -0.25) is 9.88 Å². The molecule has 3 saturated heterocycles. The van der Waals surface area contributed by atoms with Crippen LogP contribution >= 0.6 is 0 Å². The molecule has 164 valence electrons. The van der Waals surface area contributed by atoms with Crippen LogP contribution in [-0.2, 0) is 6.42 Å². The summed E-state index contributed by atoms with van der Waals surface area (Å²) in [4.78, 5) is 19.6. The van der Waals surface area contributed by atoms with Crippen molar-refractivity contribution in [1.29, 1.82) is 0 Å². The zero-order valence-electron chi connectivity index (χ0n) is 18.0. The number of benzene rings is 2. The van der Waals surface area contributed by atoms with E-state index >= 15 is 0 Å². The lowest BCUT2D eigenvalue weighted by molar-refractivity contribution is 0.0184. The Morgan fingerprint density at radius 2 is 1.72 bits per heavy atom. The van der Waals surface area contributed by atoms with E-state index in [1.165, 1.54) is 5.56 Å². The fourth-order valence-corrected chi connectivity index (χ4v) is 4.93. The molecule has 32 heavy (non-hydrogen) atoms. The minimum atomic E-state index is -0.156. The third-order valence-corrected chi connectivity index (χ3v) is 6.52. The smallest absolute Gasteiger partial charge is 0.319 e. The number of ether oxygens (including phenoxy) is 1. The van der Waals surface area contributed by atoms with E-state index in [1.54, 1.807) is 6.20 Å². The minimum absolute atomic E-state index is 0.137. The molecule has 2 bridgehead atoms. The van der Waals surface area contributed by atoms with Gasteiger partial charge in [-0.15, -0.1) is 0 Å². The molecule has 3 aromatic rings. The molecule has 0 saturated carbocycles. The predicted molar refractivity (Wildman–Crippen MR) is 125 cm³/mol. The lowest BCUT2D eigenvalue weighted by atomic mass is 9.77. The van der Waals surface area contributed by atoms with Gasteiger partial charge >= 0.3 is 6.03 Å². The highest BCUT2D eigenvalue weighted by Crippen LogP contribution is 2.34. The van der Waals surface area contributed by atoms with Gasteiger partial charge in [0.2, 0.25) is 0 Å². The minimum Gasteiger partial charge on any atom is -0.457 e. The van der Waals surface area contributed by atoms with Gasteiger partial charge in [0, 0.05) is 30.2 Å². The molecule has 1 aromatic heterocycles. The number of fused-ring (bicyclic) bond motifs is 3. The zero-order valence-corrected chi connectivity index (χ0v) is 18.0. The fourth-order valence-electron chi connectivity index (χ4n) is 4.93. The van der Waals surface area contributed by atoms with Crippen molar-refractivity contribution in [2.75, 3.05) is 18.4 Å². The highest BCUT2D eigenvalue weighted by molar-refractivity contribution is 5.89. The third kappa shape index (κ3) is 4.75. The molecule has 6 nitrogen and oxygen atoms in total. The number of para-hydroxylation sites is 1. The topological polar surface area (TPSA) is 66.5 Å². The van der Waals surface area contributed by atoms with Crippen molar-refractivity contribution >= 4 is 11.7 Å². The average molecular weight is 429 g/mol. The number of aromatic nitrogens is 1. The summed E-state index contributed by atoms with van der Waals surface area (Å²) in [5, 5.41) is 6.27. The van der Waals surface area contributed by atoms with Crippen molar-refractivity contribution in [3.8, 4) is 11.5 Å². The Labute approximate surface area is 188 Å². The number of anilines is 1. The number of nitrogens with one attached hydrogen (secondary N) is 2. The molecule has 3 aliphatic heterocycles. The van der Waals surface area contributed by atoms with Gasteiger partial charge < -0.3 is 15.4 Å². The number of carbonyl (C=O) groups is 1. The summed E-state index contributed by atoms with van der Waals surface area (Å²) in [6.45, 7) is 2.22. The molecule has 2 amide bonds. The van der Waals surface area contributed by atoms with Crippen LogP contribution in [0.1, 0.15) is 18.4 Å². The van der Waals surface area contributed by atoms with Gasteiger partial charge in [0.25, 0.3) is 0 Å². The van der Waals surface area contributed by atoms with Crippen LogP contribution in [0.25, 0.3) is 0 Å². The first kappa shape index (κ1) is 20.5. The van der Waals surface area contributed by atoms with Crippen LogP contribution in [0.15, 0.2) is 79.1 Å². The highest BCUT2D eigenvalue weighted by Gasteiger charge is 2.42. The Morgan fingerprint density at radius 1 is 0.969 bits per heavy atom. The van der Waals surface area contributed by atoms with Gasteiger partial charge in [0.15, 0.2) is 0 Å². The molecule has 0 radical (unpaired) electrons. The summed E-state index contributed by atoms with van der Waals surface area (Å²) < 4.78 is 5.82. The molecule has 6 heteroatoms. The molecule has 6 rings (SSSR count). The quantitative estimate of drug-likeness (QED) is 0.597. The second-order valence-corrected chi connectivity index (χ2v) is 8.57. The van der Waals surface area contributed by atoms with Crippen LogP contribution in [0.2, 0.25) is 0 Å². The third-order valence-electron chi connectivity index (χ3n) is 6.52. The number of nitrogens with zero attached hydrogens (tertiary/aromatic N) is 2. The van der Waals surface area contributed by atoms with Crippen molar-refractivity contribution in [2.45, 2.75) is 31.3 Å². The van der Waals surface area contributed by atoms with Gasteiger partial charge in [-0.05, 0) is 86.3 Å². The monoisotopic (exact) mass is 428 g/mol. The predicted octanol–water partition coefficient (Wildman–Crippen LogP) is 4.70. The highest BCUT2D eigenvalue weighted by atomic mass is 16.5. The SMILES string of the molecule is O=C(Nc1ccc(Oc2ccccc2)cc1)N[C@@H]1C2CCN(CC2)[C@H]1Cc1cccnc1. The Morgan fingerprint density at radius 3 is 2.44 bits per heavy atom. The standard InChI is InChI=1S/C26H28N4O2/c31-26(28-21-8-10-23(11-9-21)32-22-6-2-1-3-7-22)29-25-20-12-15-30(16-13-20)24(25)17-19-5-4-14-27-18-19/h1-11,14,18,20,24-25H,12-13,15-17H2,(H2,28,29,31)/t24-,25+/m0/s1. The number of rotatable bonds is 6. The summed E-state index contributed by atoms with van der Waals surface area (Å²) in [5.74, 6) is 2.04. The second kappa shape index (κ2) is 9.40. The molecule has 2 aromatic carbocycles. The van der Waals surface area contributed by atoms with E-state index in [4.69, 9.17) is 4.74 Å². The Kier molecular flexibility index (Phi) is 6.03. The molecule has 3 fully saturated rings. The van der Waals surface area contributed by atoms with E-state index in [2.05, 4.69) is 26.6 Å². The number of urea groups is 1. The number of piperidine rings is 3. The Bertz CT molecular complexity index is 1020. The van der Waals surface area contributed by atoms with Gasteiger partial charge in [-0.25, -0.2) is 4.79 Å². The summed E-state index contributed by atoms with van der Waals surface area (Å²) in [6.07, 6.45) is 6.91. The van der Waals surface area contributed by atoms with Crippen molar-refractivity contribution < 1.29 is 9.53 Å². The maximum atomic E-state index is 12.8. The van der Waals surface area contributed by atoms with Crippen LogP contribution < -0.4 is 15.4 Å². The van der Waals surface area contributed by atoms with Crippen molar-refractivity contribution in [3.05, 3.63) is 84.7 Å². The number of pyridine rings is 1. The largest absolute Gasteiger partial charge is 0.457 e. The van der Waals surface area contributed by atoms with E-state index in [-0.39, 0.29) is 12.1 Å². The van der Waals surface area contributed by atoms with Gasteiger partial charge in [-0.1, -0.05) is 24.3 Å². The summed E-state index contributed by atoms with van der Waals surface area (Å²) in [6, 6.07) is 21.5. The number of hydrogen-bond acceptors (Lipinski definition) is 4. The molecule has 3 aliphatic rings. The second-order valence-electron chi connectivity index (χ2n) is 8.57. The van der Waals surface area contributed by atoms with Crippen LogP contribution in [-0.4, -0.2) is 41.1 Å². The van der Waals surface area contributed by atoms with Gasteiger partial charge in [0.1, 0.15) is 11.5 Å². The van der Waals surface area contributed by atoms with Crippen molar-refractivity contribution in [2.24, 2.45) is 5.92 Å². The molecule has 2 atom stereocenters. The van der Waals surface area contributed by atoms with E-state index in [9.17, 15) is 4.79 Å². The maximum Gasteiger partial charge on any atom is 0.319 e. The molecular formula is C26H28N4O2. The van der Waals surface area contributed by atoms with Gasteiger partial charge in [-0.2, -0.15) is 0 Å². The molecule has 4 heterocycles. The Hall–Kier alpha value is -3.38. The number of hydrogen-bond donors (Lipinski definition) is 2. The fraction of sp³-hybridized carbons (Fsp3) is 0.308. The van der Waals surface area contributed by atoms with E-state index < -0.39 is 0 Å². The molecule has 0 spiro atoms. The normalized spacial score (nSPS) is 24.0. The lowest BCUT2D eigenvalue weighted by Crippen LogP contribution is -2.64. The molecule has 0 aliphatic carbocycles. The van der Waals surface area contributed by atoms with E-state index in [1.807, 2.05) is 66.9 Å². The Balaban J connectivity index is 1.21. The zero-order chi connectivity index (χ0) is 21.8. The molecular weight excluding hydrogens is 400 g/mol. The van der Waals surface area contributed by atoms with Crippen LogP contribution in [0, 0.1) is 5.92 Å². The average Bonchev–Trinajstić information content (AvgIpc) is 2.84. The molecule has 2 N–H and O–H groups in total. The number of amides is 2. The van der Waals surface area contributed by atoms with E-state index in [0.29, 0.717) is 12.0 Å². The first-order chi connectivity index (χ1) is 15.7. The number of carbonyl (C=O) groups excluding carboxylic acids is 1. The summed E-state index contributed by atoms with van der Waals surface area (Å²) >= 11 is 0. The van der Waals surface area contributed by atoms with Crippen LogP contribution in [0.5, 0.6) is 11.5 Å². The first-order valence-corrected chi connectivity index (χ1v) is 11.3. The van der Waals surface area contributed by atoms with Crippen LogP contribution in [0.4, 0.5) is 10.5 Å². The lowest BCUT2D eigenvalue weighted by Gasteiger charge is -2.51.